The van der Waals surface area contributed by atoms with Crippen molar-refractivity contribution in [2.24, 2.45) is 5.92 Å². The zero-order valence-corrected chi connectivity index (χ0v) is 11.7. The van der Waals surface area contributed by atoms with Crippen molar-refractivity contribution < 1.29 is 8.42 Å². The highest BCUT2D eigenvalue weighted by Crippen LogP contribution is 2.40. The molecule has 17 heavy (non-hydrogen) atoms. The molecule has 0 atom stereocenters. The van der Waals surface area contributed by atoms with Gasteiger partial charge in [0.15, 0.2) is 4.21 Å². The van der Waals surface area contributed by atoms with Crippen molar-refractivity contribution in [2.45, 2.75) is 43.4 Å². The third-order valence-corrected chi connectivity index (χ3v) is 6.30. The summed E-state index contributed by atoms with van der Waals surface area (Å²) < 4.78 is 27.1. The number of hydrogen-bond acceptors (Lipinski definition) is 4. The molecule has 1 aromatic rings. The molecule has 1 heterocycles. The molecule has 2 rings (SSSR count). The molecule has 0 spiro atoms. The first-order chi connectivity index (χ1) is 7.72. The minimum absolute atomic E-state index is 0.0937. The summed E-state index contributed by atoms with van der Waals surface area (Å²) in [6, 6.07) is 0. The quantitative estimate of drug-likeness (QED) is 0.867. The van der Waals surface area contributed by atoms with Crippen molar-refractivity contribution in [1.29, 1.82) is 0 Å². The van der Waals surface area contributed by atoms with Gasteiger partial charge in [-0.1, -0.05) is 11.3 Å². The molecule has 1 fully saturated rings. The second-order valence-electron chi connectivity index (χ2n) is 5.03. The summed E-state index contributed by atoms with van der Waals surface area (Å²) in [5.74, 6) is 0.397. The SMILES string of the molecule is Cc1[nH]c(=O)sc1S(=O)(=O)NC(C)(C)C1CC1. The molecule has 2 N–H and O–H groups in total. The molecule has 0 aliphatic heterocycles. The summed E-state index contributed by atoms with van der Waals surface area (Å²) in [5, 5.41) is 0. The fourth-order valence-corrected chi connectivity index (χ4v) is 4.70. The molecule has 0 radical (unpaired) electrons. The molecular weight excluding hydrogens is 260 g/mol. The Bertz CT molecular complexity index is 579. The second kappa shape index (κ2) is 3.93. The average Bonchev–Trinajstić information content (AvgIpc) is 2.91. The van der Waals surface area contributed by atoms with E-state index in [9.17, 15) is 13.2 Å². The molecule has 1 aliphatic carbocycles. The zero-order chi connectivity index (χ0) is 12.8. The maximum absolute atomic E-state index is 12.2. The van der Waals surface area contributed by atoms with Crippen LogP contribution in [-0.4, -0.2) is 18.9 Å². The van der Waals surface area contributed by atoms with Gasteiger partial charge >= 0.3 is 4.87 Å². The van der Waals surface area contributed by atoms with E-state index >= 15 is 0 Å². The first-order valence-corrected chi connectivity index (χ1v) is 7.76. The van der Waals surface area contributed by atoms with Gasteiger partial charge in [0.1, 0.15) is 0 Å². The number of rotatable bonds is 4. The van der Waals surface area contributed by atoms with Gasteiger partial charge in [0.05, 0.1) is 0 Å². The number of aromatic amines is 1. The van der Waals surface area contributed by atoms with E-state index in [4.69, 9.17) is 0 Å². The summed E-state index contributed by atoms with van der Waals surface area (Å²) in [5.41, 5.74) is -0.0442. The van der Waals surface area contributed by atoms with Crippen LogP contribution in [0.5, 0.6) is 0 Å². The topological polar surface area (TPSA) is 79.0 Å². The van der Waals surface area contributed by atoms with Gasteiger partial charge in [-0.15, -0.1) is 0 Å². The van der Waals surface area contributed by atoms with Gasteiger partial charge in [-0.25, -0.2) is 13.1 Å². The first-order valence-electron chi connectivity index (χ1n) is 5.46. The summed E-state index contributed by atoms with van der Waals surface area (Å²) in [6.07, 6.45) is 2.11. The third-order valence-electron chi connectivity index (χ3n) is 3.02. The van der Waals surface area contributed by atoms with E-state index in [1.807, 2.05) is 13.8 Å². The lowest BCUT2D eigenvalue weighted by atomic mass is 10.0. The Morgan fingerprint density at radius 1 is 1.41 bits per heavy atom. The minimum atomic E-state index is -3.60. The number of nitrogens with one attached hydrogen (secondary N) is 2. The molecule has 7 heteroatoms. The molecule has 96 valence electrons. The lowest BCUT2D eigenvalue weighted by Gasteiger charge is -2.25. The summed E-state index contributed by atoms with van der Waals surface area (Å²) in [7, 11) is -3.60. The third kappa shape index (κ3) is 2.61. The van der Waals surface area contributed by atoms with Crippen LogP contribution in [0.3, 0.4) is 0 Å². The molecule has 1 saturated carbocycles. The van der Waals surface area contributed by atoms with Crippen molar-refractivity contribution >= 4 is 21.4 Å². The zero-order valence-electron chi connectivity index (χ0n) is 10.0. The van der Waals surface area contributed by atoms with Crippen LogP contribution in [0.1, 0.15) is 32.4 Å². The average molecular weight is 276 g/mol. The number of thiazole rings is 1. The molecular formula is C10H16N2O3S2. The fourth-order valence-electron chi connectivity index (χ4n) is 1.93. The molecule has 0 amide bonds. The van der Waals surface area contributed by atoms with E-state index in [-0.39, 0.29) is 9.08 Å². The van der Waals surface area contributed by atoms with Crippen LogP contribution in [0.25, 0.3) is 0 Å². The highest BCUT2D eigenvalue weighted by molar-refractivity contribution is 7.91. The minimum Gasteiger partial charge on any atom is -0.315 e. The Hall–Kier alpha value is -0.660. The summed E-state index contributed by atoms with van der Waals surface area (Å²) in [6.45, 7) is 5.36. The van der Waals surface area contributed by atoms with Crippen LogP contribution in [0, 0.1) is 12.8 Å². The van der Waals surface area contributed by atoms with Crippen LogP contribution in [0.4, 0.5) is 0 Å². The van der Waals surface area contributed by atoms with Crippen LogP contribution >= 0.6 is 11.3 Å². The Morgan fingerprint density at radius 2 is 2.00 bits per heavy atom. The number of sulfonamides is 1. The maximum atomic E-state index is 12.2. The molecule has 1 aliphatic rings. The fraction of sp³-hybridized carbons (Fsp3) is 0.700. The predicted octanol–water partition coefficient (Wildman–Crippen LogP) is 1.21. The smallest absolute Gasteiger partial charge is 0.305 e. The Balaban J connectivity index is 2.31. The van der Waals surface area contributed by atoms with E-state index in [1.54, 1.807) is 6.92 Å². The molecule has 0 bridgehead atoms. The lowest BCUT2D eigenvalue weighted by Crippen LogP contribution is -2.45. The highest BCUT2D eigenvalue weighted by atomic mass is 32.2. The van der Waals surface area contributed by atoms with Gasteiger partial charge in [-0.2, -0.15) is 0 Å². The van der Waals surface area contributed by atoms with Gasteiger partial charge in [-0.05, 0) is 39.5 Å². The standard InChI is InChI=1S/C10H16N2O3S2/c1-6-8(16-9(13)11-6)17(14,15)12-10(2,3)7-4-5-7/h7,12H,4-5H2,1-3H3,(H,11,13). The van der Waals surface area contributed by atoms with Gasteiger partial charge < -0.3 is 4.98 Å². The second-order valence-corrected chi connectivity index (χ2v) is 7.89. The van der Waals surface area contributed by atoms with E-state index in [2.05, 4.69) is 9.71 Å². The number of H-pyrrole nitrogens is 1. The molecule has 1 aromatic heterocycles. The largest absolute Gasteiger partial charge is 0.315 e. The molecule has 0 unspecified atom stereocenters. The predicted molar refractivity (Wildman–Crippen MR) is 66.8 cm³/mol. The summed E-state index contributed by atoms with van der Waals surface area (Å²) >= 11 is 0.733. The van der Waals surface area contributed by atoms with Crippen LogP contribution in [0.15, 0.2) is 9.00 Å². The van der Waals surface area contributed by atoms with E-state index in [0.29, 0.717) is 11.6 Å². The molecule has 0 aromatic carbocycles. The highest BCUT2D eigenvalue weighted by Gasteiger charge is 2.41. The lowest BCUT2D eigenvalue weighted by molar-refractivity contribution is 0.401. The van der Waals surface area contributed by atoms with Crippen LogP contribution in [-0.2, 0) is 10.0 Å². The number of aryl methyl sites for hydroxylation is 1. The van der Waals surface area contributed by atoms with Crippen molar-refractivity contribution in [3.63, 3.8) is 0 Å². The van der Waals surface area contributed by atoms with Gasteiger partial charge in [-0.3, -0.25) is 4.79 Å². The first kappa shape index (κ1) is 12.8. The van der Waals surface area contributed by atoms with E-state index in [0.717, 1.165) is 24.2 Å². The maximum Gasteiger partial charge on any atom is 0.305 e. The van der Waals surface area contributed by atoms with Crippen LogP contribution < -0.4 is 9.60 Å². The monoisotopic (exact) mass is 276 g/mol. The van der Waals surface area contributed by atoms with Gasteiger partial charge in [0.25, 0.3) is 10.0 Å². The van der Waals surface area contributed by atoms with E-state index < -0.39 is 15.6 Å². The summed E-state index contributed by atoms with van der Waals surface area (Å²) in [4.78, 5) is 13.3. The van der Waals surface area contributed by atoms with Crippen LogP contribution in [0.2, 0.25) is 0 Å². The van der Waals surface area contributed by atoms with Crippen molar-refractivity contribution in [3.8, 4) is 0 Å². The van der Waals surface area contributed by atoms with Crippen molar-refractivity contribution in [1.82, 2.24) is 9.71 Å². The van der Waals surface area contributed by atoms with Gasteiger partial charge in [0, 0.05) is 11.2 Å². The van der Waals surface area contributed by atoms with Crippen molar-refractivity contribution in [2.75, 3.05) is 0 Å². The van der Waals surface area contributed by atoms with Gasteiger partial charge in [0.2, 0.25) is 0 Å². The van der Waals surface area contributed by atoms with Crippen molar-refractivity contribution in [3.05, 3.63) is 15.4 Å². The number of hydrogen-bond donors (Lipinski definition) is 2. The normalized spacial score (nSPS) is 17.4. The molecule has 0 saturated heterocycles. The van der Waals surface area contributed by atoms with E-state index in [1.165, 1.54) is 0 Å². The number of aromatic nitrogens is 1. The molecule has 5 nitrogen and oxygen atoms in total. The Labute approximate surface area is 104 Å². The Kier molecular flexibility index (Phi) is 2.95. The Morgan fingerprint density at radius 3 is 2.41 bits per heavy atom.